The highest BCUT2D eigenvalue weighted by atomic mass is 35.5. The molecule has 3 nitrogen and oxygen atoms in total. The Hall–Kier alpha value is -0.570. The number of hydrogen-bond donors (Lipinski definition) is 0. The SMILES string of the molecule is CC(C)(C)n1c(CCl)nnc1C1CC1. The molecule has 1 aromatic rings. The zero-order valence-corrected chi connectivity index (χ0v) is 9.67. The molecule has 0 amide bonds. The zero-order valence-electron chi connectivity index (χ0n) is 8.92. The van der Waals surface area contributed by atoms with Crippen molar-refractivity contribution in [1.82, 2.24) is 14.8 Å². The number of rotatable bonds is 2. The van der Waals surface area contributed by atoms with Crippen LogP contribution in [0.25, 0.3) is 0 Å². The normalized spacial score (nSPS) is 17.4. The Labute approximate surface area is 89.5 Å². The monoisotopic (exact) mass is 213 g/mol. The summed E-state index contributed by atoms with van der Waals surface area (Å²) in [7, 11) is 0. The molecular weight excluding hydrogens is 198 g/mol. The van der Waals surface area contributed by atoms with Crippen LogP contribution in [0, 0.1) is 0 Å². The molecule has 1 aliphatic carbocycles. The Bertz CT molecular complexity index is 334. The number of alkyl halides is 1. The lowest BCUT2D eigenvalue weighted by Gasteiger charge is -2.24. The molecular formula is C10H16ClN3. The predicted molar refractivity (Wildman–Crippen MR) is 56.6 cm³/mol. The van der Waals surface area contributed by atoms with Crippen LogP contribution in [0.1, 0.15) is 51.2 Å². The lowest BCUT2D eigenvalue weighted by molar-refractivity contribution is 0.373. The van der Waals surface area contributed by atoms with Crippen LogP contribution in [-0.4, -0.2) is 14.8 Å². The molecule has 2 rings (SSSR count). The molecule has 1 aromatic heterocycles. The molecule has 0 aliphatic heterocycles. The van der Waals surface area contributed by atoms with E-state index >= 15 is 0 Å². The molecule has 1 aliphatic rings. The van der Waals surface area contributed by atoms with Gasteiger partial charge in [0.05, 0.1) is 5.88 Å². The van der Waals surface area contributed by atoms with Gasteiger partial charge in [-0.3, -0.25) is 0 Å². The third kappa shape index (κ3) is 1.65. The Morgan fingerprint density at radius 3 is 2.43 bits per heavy atom. The summed E-state index contributed by atoms with van der Waals surface area (Å²) in [4.78, 5) is 0. The molecule has 0 atom stereocenters. The summed E-state index contributed by atoms with van der Waals surface area (Å²) >= 11 is 5.85. The van der Waals surface area contributed by atoms with Crippen LogP contribution < -0.4 is 0 Å². The van der Waals surface area contributed by atoms with Crippen molar-refractivity contribution < 1.29 is 0 Å². The first-order valence-electron chi connectivity index (χ1n) is 5.04. The first kappa shape index (κ1) is 9.97. The summed E-state index contributed by atoms with van der Waals surface area (Å²) in [6.45, 7) is 6.49. The van der Waals surface area contributed by atoms with Crippen LogP contribution in [0.4, 0.5) is 0 Å². The van der Waals surface area contributed by atoms with E-state index in [1.807, 2.05) is 0 Å². The molecule has 0 radical (unpaired) electrons. The minimum Gasteiger partial charge on any atom is -0.308 e. The number of aromatic nitrogens is 3. The largest absolute Gasteiger partial charge is 0.308 e. The van der Waals surface area contributed by atoms with Crippen LogP contribution in [0.3, 0.4) is 0 Å². The van der Waals surface area contributed by atoms with Gasteiger partial charge < -0.3 is 4.57 Å². The van der Waals surface area contributed by atoms with Gasteiger partial charge in [0.25, 0.3) is 0 Å². The summed E-state index contributed by atoms with van der Waals surface area (Å²) < 4.78 is 2.19. The highest BCUT2D eigenvalue weighted by molar-refractivity contribution is 6.16. The van der Waals surface area contributed by atoms with Gasteiger partial charge in [0.2, 0.25) is 0 Å². The third-order valence-electron chi connectivity index (χ3n) is 2.49. The minimum atomic E-state index is 0.0334. The molecule has 78 valence electrons. The molecule has 0 aromatic carbocycles. The molecule has 0 unspecified atom stereocenters. The molecule has 1 fully saturated rings. The summed E-state index contributed by atoms with van der Waals surface area (Å²) in [5, 5.41) is 8.39. The smallest absolute Gasteiger partial charge is 0.148 e. The minimum absolute atomic E-state index is 0.0334. The van der Waals surface area contributed by atoms with E-state index in [-0.39, 0.29) is 5.54 Å². The molecule has 1 saturated carbocycles. The van der Waals surface area contributed by atoms with Gasteiger partial charge in [0, 0.05) is 11.5 Å². The first-order chi connectivity index (χ1) is 6.54. The van der Waals surface area contributed by atoms with Crippen molar-refractivity contribution in [1.29, 1.82) is 0 Å². The molecule has 1 heterocycles. The highest BCUT2D eigenvalue weighted by Crippen LogP contribution is 2.40. The van der Waals surface area contributed by atoms with Crippen molar-refractivity contribution in [3.63, 3.8) is 0 Å². The van der Waals surface area contributed by atoms with E-state index in [0.29, 0.717) is 11.8 Å². The lowest BCUT2D eigenvalue weighted by atomic mass is 10.1. The van der Waals surface area contributed by atoms with Crippen molar-refractivity contribution in [3.8, 4) is 0 Å². The van der Waals surface area contributed by atoms with Crippen molar-refractivity contribution in [3.05, 3.63) is 11.6 Å². The van der Waals surface area contributed by atoms with E-state index in [2.05, 4.69) is 35.5 Å². The average molecular weight is 214 g/mol. The van der Waals surface area contributed by atoms with Crippen LogP contribution in [-0.2, 0) is 11.4 Å². The van der Waals surface area contributed by atoms with Gasteiger partial charge in [-0.25, -0.2) is 0 Å². The fraction of sp³-hybridized carbons (Fsp3) is 0.800. The Kier molecular flexibility index (Phi) is 2.30. The van der Waals surface area contributed by atoms with Gasteiger partial charge in [-0.05, 0) is 33.6 Å². The van der Waals surface area contributed by atoms with Crippen molar-refractivity contribution in [2.45, 2.75) is 50.9 Å². The topological polar surface area (TPSA) is 30.7 Å². The van der Waals surface area contributed by atoms with E-state index in [1.165, 1.54) is 12.8 Å². The molecule has 14 heavy (non-hydrogen) atoms. The number of nitrogens with zero attached hydrogens (tertiary/aromatic N) is 3. The van der Waals surface area contributed by atoms with Crippen LogP contribution >= 0.6 is 11.6 Å². The lowest BCUT2D eigenvalue weighted by Crippen LogP contribution is -2.25. The standard InChI is InChI=1S/C10H16ClN3/c1-10(2,3)14-8(6-11)12-13-9(14)7-4-5-7/h7H,4-6H2,1-3H3. The van der Waals surface area contributed by atoms with Crippen LogP contribution in [0.15, 0.2) is 0 Å². The number of hydrogen-bond acceptors (Lipinski definition) is 2. The van der Waals surface area contributed by atoms with Crippen molar-refractivity contribution in [2.75, 3.05) is 0 Å². The van der Waals surface area contributed by atoms with Crippen LogP contribution in [0.5, 0.6) is 0 Å². The van der Waals surface area contributed by atoms with Crippen molar-refractivity contribution in [2.24, 2.45) is 0 Å². The van der Waals surface area contributed by atoms with E-state index < -0.39 is 0 Å². The zero-order chi connectivity index (χ0) is 10.3. The number of halogens is 1. The van der Waals surface area contributed by atoms with Crippen LogP contribution in [0.2, 0.25) is 0 Å². The van der Waals surface area contributed by atoms with Gasteiger partial charge in [-0.15, -0.1) is 21.8 Å². The van der Waals surface area contributed by atoms with E-state index in [0.717, 1.165) is 11.6 Å². The summed E-state index contributed by atoms with van der Waals surface area (Å²) in [6.07, 6.45) is 2.49. The summed E-state index contributed by atoms with van der Waals surface area (Å²) in [6, 6.07) is 0. The Balaban J connectivity index is 2.45. The van der Waals surface area contributed by atoms with E-state index in [4.69, 9.17) is 11.6 Å². The molecule has 0 spiro atoms. The second-order valence-corrected chi connectivity index (χ2v) is 5.16. The third-order valence-corrected chi connectivity index (χ3v) is 2.73. The predicted octanol–water partition coefficient (Wildman–Crippen LogP) is 2.65. The molecule has 0 N–H and O–H groups in total. The summed E-state index contributed by atoms with van der Waals surface area (Å²) in [5.74, 6) is 3.07. The highest BCUT2D eigenvalue weighted by Gasteiger charge is 2.33. The summed E-state index contributed by atoms with van der Waals surface area (Å²) in [5.41, 5.74) is 0.0334. The maximum absolute atomic E-state index is 5.85. The molecule has 0 bridgehead atoms. The maximum Gasteiger partial charge on any atom is 0.148 e. The van der Waals surface area contributed by atoms with Crippen molar-refractivity contribution >= 4 is 11.6 Å². The fourth-order valence-electron chi connectivity index (χ4n) is 1.75. The maximum atomic E-state index is 5.85. The van der Waals surface area contributed by atoms with Gasteiger partial charge in [-0.2, -0.15) is 0 Å². The average Bonchev–Trinajstić information content (AvgIpc) is 2.82. The van der Waals surface area contributed by atoms with Gasteiger partial charge >= 0.3 is 0 Å². The van der Waals surface area contributed by atoms with E-state index in [9.17, 15) is 0 Å². The first-order valence-corrected chi connectivity index (χ1v) is 5.58. The quantitative estimate of drug-likeness (QED) is 0.708. The van der Waals surface area contributed by atoms with Gasteiger partial charge in [-0.1, -0.05) is 0 Å². The second kappa shape index (κ2) is 3.23. The Morgan fingerprint density at radius 2 is 2.00 bits per heavy atom. The van der Waals surface area contributed by atoms with Gasteiger partial charge in [0.1, 0.15) is 11.6 Å². The fourth-order valence-corrected chi connectivity index (χ4v) is 1.93. The molecule has 4 heteroatoms. The second-order valence-electron chi connectivity index (χ2n) is 4.89. The molecule has 0 saturated heterocycles. The Morgan fingerprint density at radius 1 is 1.36 bits per heavy atom. The van der Waals surface area contributed by atoms with Gasteiger partial charge in [0.15, 0.2) is 0 Å². The van der Waals surface area contributed by atoms with E-state index in [1.54, 1.807) is 0 Å².